The molecular formula is C23H27N3OS. The normalized spacial score (nSPS) is 12.7. The van der Waals surface area contributed by atoms with Gasteiger partial charge in [0.25, 0.3) is 0 Å². The van der Waals surface area contributed by atoms with Crippen LogP contribution in [0.1, 0.15) is 27.7 Å². The van der Waals surface area contributed by atoms with E-state index in [4.69, 9.17) is 0 Å². The molecule has 2 aromatic rings. The van der Waals surface area contributed by atoms with Gasteiger partial charge in [-0.1, -0.05) is 61.7 Å². The number of urea groups is 1. The topological polar surface area (TPSA) is 35.6 Å². The fourth-order valence-corrected chi connectivity index (χ4v) is 4.16. The van der Waals surface area contributed by atoms with E-state index in [1.54, 1.807) is 16.7 Å². The average molecular weight is 394 g/mol. The SMILES string of the molecule is CCN(CC)CC#CC(C)(C)NC(=O)N1c2ccccc2Sc2ccccc21. The molecular weight excluding hydrogens is 366 g/mol. The van der Waals surface area contributed by atoms with E-state index in [0.717, 1.165) is 34.3 Å². The third kappa shape index (κ3) is 4.52. The molecule has 2 aromatic carbocycles. The van der Waals surface area contributed by atoms with Gasteiger partial charge in [-0.15, -0.1) is 0 Å². The van der Waals surface area contributed by atoms with Gasteiger partial charge in [-0.05, 0) is 51.2 Å². The minimum absolute atomic E-state index is 0.165. The van der Waals surface area contributed by atoms with Gasteiger partial charge in [-0.25, -0.2) is 4.79 Å². The molecule has 0 atom stereocenters. The minimum atomic E-state index is -0.626. The first-order chi connectivity index (χ1) is 13.4. The number of hydrogen-bond acceptors (Lipinski definition) is 3. The highest BCUT2D eigenvalue weighted by atomic mass is 32.2. The predicted molar refractivity (Wildman–Crippen MR) is 117 cm³/mol. The molecule has 0 saturated carbocycles. The van der Waals surface area contributed by atoms with Gasteiger partial charge in [0.1, 0.15) is 0 Å². The first-order valence-electron chi connectivity index (χ1n) is 9.65. The molecule has 0 fully saturated rings. The molecule has 0 bridgehead atoms. The lowest BCUT2D eigenvalue weighted by Crippen LogP contribution is -2.48. The molecule has 0 aliphatic carbocycles. The Labute approximate surface area is 172 Å². The number of nitrogens with zero attached hydrogens (tertiary/aromatic N) is 2. The van der Waals surface area contributed by atoms with E-state index >= 15 is 0 Å². The molecule has 0 saturated heterocycles. The van der Waals surface area contributed by atoms with Crippen LogP contribution in [-0.2, 0) is 0 Å². The molecule has 1 aliphatic heterocycles. The Morgan fingerprint density at radius 1 is 1.04 bits per heavy atom. The third-order valence-electron chi connectivity index (χ3n) is 4.65. The molecule has 4 nitrogen and oxygen atoms in total. The van der Waals surface area contributed by atoms with Crippen LogP contribution in [-0.4, -0.2) is 36.1 Å². The number of carbonyl (C=O) groups is 1. The summed E-state index contributed by atoms with van der Waals surface area (Å²) in [6.45, 7) is 10.8. The second-order valence-electron chi connectivity index (χ2n) is 7.19. The van der Waals surface area contributed by atoms with Crippen molar-refractivity contribution in [3.8, 4) is 11.8 Å². The molecule has 28 heavy (non-hydrogen) atoms. The molecule has 1 N–H and O–H groups in total. The fraction of sp³-hybridized carbons (Fsp3) is 0.348. The van der Waals surface area contributed by atoms with Crippen LogP contribution in [0, 0.1) is 11.8 Å². The molecule has 0 aromatic heterocycles. The molecule has 146 valence electrons. The van der Waals surface area contributed by atoms with Crippen LogP contribution in [0.5, 0.6) is 0 Å². The molecule has 0 radical (unpaired) electrons. The van der Waals surface area contributed by atoms with Crippen molar-refractivity contribution in [1.82, 2.24) is 10.2 Å². The minimum Gasteiger partial charge on any atom is -0.322 e. The van der Waals surface area contributed by atoms with Crippen LogP contribution in [0.15, 0.2) is 58.3 Å². The van der Waals surface area contributed by atoms with Gasteiger partial charge in [0.15, 0.2) is 0 Å². The zero-order valence-corrected chi connectivity index (χ0v) is 17.8. The quantitative estimate of drug-likeness (QED) is 0.732. The summed E-state index contributed by atoms with van der Waals surface area (Å²) in [6.07, 6.45) is 0. The lowest BCUT2D eigenvalue weighted by atomic mass is 10.1. The summed E-state index contributed by atoms with van der Waals surface area (Å²) in [6, 6.07) is 15.8. The Hall–Kier alpha value is -2.42. The van der Waals surface area contributed by atoms with E-state index in [0.29, 0.717) is 6.54 Å². The average Bonchev–Trinajstić information content (AvgIpc) is 2.68. The van der Waals surface area contributed by atoms with Crippen LogP contribution in [0.3, 0.4) is 0 Å². The maximum absolute atomic E-state index is 13.3. The van der Waals surface area contributed by atoms with Gasteiger partial charge in [0.2, 0.25) is 0 Å². The van der Waals surface area contributed by atoms with Crippen LogP contribution in [0.2, 0.25) is 0 Å². The zero-order chi connectivity index (χ0) is 20.1. The fourth-order valence-electron chi connectivity index (χ4n) is 3.10. The summed E-state index contributed by atoms with van der Waals surface area (Å²) in [7, 11) is 0. The molecule has 1 heterocycles. The van der Waals surface area contributed by atoms with Crippen LogP contribution < -0.4 is 10.2 Å². The summed E-state index contributed by atoms with van der Waals surface area (Å²) in [4.78, 5) is 19.4. The number of carbonyl (C=O) groups excluding carboxylic acids is 1. The highest BCUT2D eigenvalue weighted by Crippen LogP contribution is 2.47. The van der Waals surface area contributed by atoms with Crippen molar-refractivity contribution in [1.29, 1.82) is 0 Å². The number of amides is 2. The standard InChI is InChI=1S/C23H27N3OS/c1-5-25(6-2)17-11-16-23(3,4)24-22(27)26-18-12-7-9-14-20(18)28-21-15-10-8-13-19(21)26/h7-10,12-15H,5-6,17H2,1-4H3,(H,24,27). The number of nitrogens with one attached hydrogen (secondary N) is 1. The van der Waals surface area contributed by atoms with Crippen LogP contribution >= 0.6 is 11.8 Å². The largest absolute Gasteiger partial charge is 0.327 e. The number of benzene rings is 2. The third-order valence-corrected chi connectivity index (χ3v) is 5.78. The first kappa shape index (κ1) is 20.3. The lowest BCUT2D eigenvalue weighted by Gasteiger charge is -2.33. The van der Waals surface area contributed by atoms with Crippen molar-refractivity contribution in [2.75, 3.05) is 24.5 Å². The van der Waals surface area contributed by atoms with Crippen molar-refractivity contribution in [2.24, 2.45) is 0 Å². The number of fused-ring (bicyclic) bond motifs is 2. The molecule has 2 amide bonds. The van der Waals surface area contributed by atoms with Crippen molar-refractivity contribution in [2.45, 2.75) is 43.0 Å². The summed E-state index contributed by atoms with van der Waals surface area (Å²) in [5.74, 6) is 6.43. The van der Waals surface area contributed by atoms with Gasteiger partial charge >= 0.3 is 6.03 Å². The van der Waals surface area contributed by atoms with Crippen molar-refractivity contribution >= 4 is 29.2 Å². The Bertz CT molecular complexity index is 864. The Kier molecular flexibility index (Phi) is 6.33. The monoisotopic (exact) mass is 393 g/mol. The molecule has 5 heteroatoms. The highest BCUT2D eigenvalue weighted by molar-refractivity contribution is 7.99. The van der Waals surface area contributed by atoms with Crippen molar-refractivity contribution in [3.63, 3.8) is 0 Å². The molecule has 0 unspecified atom stereocenters. The maximum atomic E-state index is 13.3. The van der Waals surface area contributed by atoms with E-state index in [1.807, 2.05) is 62.4 Å². The summed E-state index contributed by atoms with van der Waals surface area (Å²) < 4.78 is 0. The second-order valence-corrected chi connectivity index (χ2v) is 8.28. The van der Waals surface area contributed by atoms with Crippen molar-refractivity contribution < 1.29 is 4.79 Å². The predicted octanol–water partition coefficient (Wildman–Crippen LogP) is 5.12. The number of anilines is 2. The van der Waals surface area contributed by atoms with E-state index < -0.39 is 5.54 Å². The van der Waals surface area contributed by atoms with E-state index in [2.05, 4.69) is 35.9 Å². The zero-order valence-electron chi connectivity index (χ0n) is 17.0. The Morgan fingerprint density at radius 3 is 2.11 bits per heavy atom. The van der Waals surface area contributed by atoms with E-state index in [9.17, 15) is 4.79 Å². The summed E-state index contributed by atoms with van der Waals surface area (Å²) >= 11 is 1.69. The smallest absolute Gasteiger partial charge is 0.322 e. The number of hydrogen-bond donors (Lipinski definition) is 1. The van der Waals surface area contributed by atoms with Crippen LogP contribution in [0.4, 0.5) is 16.2 Å². The summed E-state index contributed by atoms with van der Waals surface area (Å²) in [5.41, 5.74) is 1.17. The number of rotatable bonds is 4. The first-order valence-corrected chi connectivity index (χ1v) is 10.5. The second kappa shape index (κ2) is 8.72. The Balaban J connectivity index is 1.84. The maximum Gasteiger partial charge on any atom is 0.327 e. The van der Waals surface area contributed by atoms with Gasteiger partial charge in [0.05, 0.1) is 23.5 Å². The molecule has 1 aliphatic rings. The van der Waals surface area contributed by atoms with Gasteiger partial charge in [-0.2, -0.15) is 0 Å². The summed E-state index contributed by atoms with van der Waals surface area (Å²) in [5, 5.41) is 3.10. The van der Waals surface area contributed by atoms with Gasteiger partial charge < -0.3 is 5.32 Å². The van der Waals surface area contributed by atoms with Gasteiger partial charge in [0, 0.05) is 9.79 Å². The van der Waals surface area contributed by atoms with Crippen LogP contribution in [0.25, 0.3) is 0 Å². The molecule has 3 rings (SSSR count). The Morgan fingerprint density at radius 2 is 1.57 bits per heavy atom. The lowest BCUT2D eigenvalue weighted by molar-refractivity contribution is 0.243. The highest BCUT2D eigenvalue weighted by Gasteiger charge is 2.30. The van der Waals surface area contributed by atoms with E-state index in [1.165, 1.54) is 0 Å². The molecule has 0 spiro atoms. The van der Waals surface area contributed by atoms with Crippen molar-refractivity contribution in [3.05, 3.63) is 48.5 Å². The number of para-hydroxylation sites is 2. The van der Waals surface area contributed by atoms with E-state index in [-0.39, 0.29) is 6.03 Å². The van der Waals surface area contributed by atoms with Gasteiger partial charge in [-0.3, -0.25) is 9.80 Å².